The van der Waals surface area contributed by atoms with Gasteiger partial charge in [-0.05, 0) is 41.8 Å². The first kappa shape index (κ1) is 24.3. The van der Waals surface area contributed by atoms with Gasteiger partial charge in [0.2, 0.25) is 5.91 Å². The number of hydrogen-bond acceptors (Lipinski definition) is 7. The van der Waals surface area contributed by atoms with Crippen LogP contribution in [0.25, 0.3) is 11.1 Å². The van der Waals surface area contributed by atoms with Gasteiger partial charge >= 0.3 is 5.97 Å². The molecule has 8 nitrogen and oxygen atoms in total. The maximum absolute atomic E-state index is 12.3. The molecule has 170 valence electrons. The second kappa shape index (κ2) is 11.0. The van der Waals surface area contributed by atoms with Crippen molar-refractivity contribution in [1.82, 2.24) is 4.98 Å². The molecule has 0 unspecified atom stereocenters. The molecule has 0 atom stereocenters. The van der Waals surface area contributed by atoms with Gasteiger partial charge in [0.25, 0.3) is 0 Å². The Bertz CT molecular complexity index is 1310. The van der Waals surface area contributed by atoms with Gasteiger partial charge in [-0.25, -0.2) is 9.78 Å². The zero-order valence-electron chi connectivity index (χ0n) is 18.3. The summed E-state index contributed by atoms with van der Waals surface area (Å²) >= 11 is 1.21. The monoisotopic (exact) mass is 471 g/mol. The van der Waals surface area contributed by atoms with Crippen LogP contribution >= 0.6 is 11.8 Å². The van der Waals surface area contributed by atoms with Gasteiger partial charge in [-0.3, -0.25) is 4.79 Å². The lowest BCUT2D eigenvalue weighted by atomic mass is 9.96. The average Bonchev–Trinajstić information content (AvgIpc) is 2.84. The summed E-state index contributed by atoms with van der Waals surface area (Å²) in [6, 6.07) is 17.6. The van der Waals surface area contributed by atoms with Gasteiger partial charge in [0.15, 0.2) is 0 Å². The van der Waals surface area contributed by atoms with E-state index in [1.165, 1.54) is 36.0 Å². The molecule has 1 heterocycles. The number of aryl methyl sites for hydroxylation is 1. The van der Waals surface area contributed by atoms with Crippen LogP contribution in [-0.2, 0) is 11.2 Å². The molecule has 0 radical (unpaired) electrons. The highest BCUT2D eigenvalue weighted by molar-refractivity contribution is 7.99. The summed E-state index contributed by atoms with van der Waals surface area (Å²) in [5, 5.41) is 31.5. The van der Waals surface area contributed by atoms with Crippen LogP contribution in [0.2, 0.25) is 0 Å². The summed E-state index contributed by atoms with van der Waals surface area (Å²) in [7, 11) is 0. The number of nitrogens with zero attached hydrogens (tertiary/aromatic N) is 3. The summed E-state index contributed by atoms with van der Waals surface area (Å²) in [4.78, 5) is 27.5. The van der Waals surface area contributed by atoms with Crippen LogP contribution in [0.4, 0.5) is 11.5 Å². The maximum Gasteiger partial charge on any atom is 0.335 e. The number of aromatic nitrogens is 1. The Morgan fingerprint density at radius 2 is 1.71 bits per heavy atom. The minimum absolute atomic E-state index is 0.0292. The Morgan fingerprint density at radius 3 is 2.26 bits per heavy atom. The molecule has 0 bridgehead atoms. The maximum atomic E-state index is 12.3. The molecule has 0 aliphatic heterocycles. The number of aromatic carboxylic acids is 1. The van der Waals surface area contributed by atoms with Gasteiger partial charge in [0.05, 0.1) is 11.1 Å². The minimum atomic E-state index is -1.04. The van der Waals surface area contributed by atoms with Crippen molar-refractivity contribution in [2.24, 2.45) is 0 Å². The number of nitrogens with two attached hydrogens (primary N) is 1. The van der Waals surface area contributed by atoms with Crippen molar-refractivity contribution in [3.05, 3.63) is 70.8 Å². The van der Waals surface area contributed by atoms with Crippen molar-refractivity contribution in [2.45, 2.75) is 24.8 Å². The van der Waals surface area contributed by atoms with Crippen molar-refractivity contribution < 1.29 is 14.7 Å². The molecular formula is C25H21N5O3S. The highest BCUT2D eigenvalue weighted by atomic mass is 32.2. The SMILES string of the molecule is CCc1ccc(-c2c(C#N)c(N)nc(SCCC(=O)Nc3ccc(C(=O)O)cc3)c2C#N)cc1. The number of anilines is 2. The average molecular weight is 472 g/mol. The van der Waals surface area contributed by atoms with Gasteiger partial charge in [-0.15, -0.1) is 11.8 Å². The fourth-order valence-corrected chi connectivity index (χ4v) is 4.19. The third-order valence-corrected chi connectivity index (χ3v) is 6.03. The van der Waals surface area contributed by atoms with Gasteiger partial charge in [-0.2, -0.15) is 10.5 Å². The summed E-state index contributed by atoms with van der Waals surface area (Å²) in [6.07, 6.45) is 0.986. The van der Waals surface area contributed by atoms with E-state index in [2.05, 4.69) is 22.4 Å². The number of carbonyl (C=O) groups is 2. The molecule has 9 heteroatoms. The Labute approximate surface area is 201 Å². The summed E-state index contributed by atoms with van der Waals surface area (Å²) in [6.45, 7) is 2.04. The molecule has 0 aliphatic rings. The van der Waals surface area contributed by atoms with Gasteiger partial charge in [-0.1, -0.05) is 31.2 Å². The Kier molecular flexibility index (Phi) is 7.86. The van der Waals surface area contributed by atoms with Crippen molar-refractivity contribution in [3.63, 3.8) is 0 Å². The number of rotatable bonds is 8. The predicted octanol–water partition coefficient (Wildman–Crippen LogP) is 4.46. The first-order valence-electron chi connectivity index (χ1n) is 10.4. The number of carboxylic acids is 1. The van der Waals surface area contributed by atoms with E-state index in [9.17, 15) is 20.1 Å². The van der Waals surface area contributed by atoms with Crippen LogP contribution in [-0.4, -0.2) is 27.7 Å². The molecule has 0 aliphatic carbocycles. The number of nitrogen functional groups attached to an aromatic ring is 1. The number of nitriles is 2. The first-order chi connectivity index (χ1) is 16.4. The molecule has 0 saturated heterocycles. The van der Waals surface area contributed by atoms with E-state index in [4.69, 9.17) is 10.8 Å². The normalized spacial score (nSPS) is 10.2. The van der Waals surface area contributed by atoms with E-state index in [-0.39, 0.29) is 34.8 Å². The molecule has 34 heavy (non-hydrogen) atoms. The van der Waals surface area contributed by atoms with Crippen LogP contribution in [0, 0.1) is 22.7 Å². The molecule has 4 N–H and O–H groups in total. The molecule has 1 amide bonds. The number of hydrogen-bond donors (Lipinski definition) is 3. The zero-order chi connectivity index (χ0) is 24.7. The van der Waals surface area contributed by atoms with E-state index in [0.717, 1.165) is 12.0 Å². The first-order valence-corrected chi connectivity index (χ1v) is 11.4. The lowest BCUT2D eigenvalue weighted by molar-refractivity contribution is -0.115. The van der Waals surface area contributed by atoms with Crippen LogP contribution < -0.4 is 11.1 Å². The number of carboxylic acid groups (broad SMARTS) is 1. The van der Waals surface area contributed by atoms with Crippen LogP contribution in [0.5, 0.6) is 0 Å². The number of benzene rings is 2. The van der Waals surface area contributed by atoms with Gasteiger partial charge in [0, 0.05) is 23.4 Å². The number of carbonyl (C=O) groups excluding carboxylic acids is 1. The molecule has 3 rings (SSSR count). The fourth-order valence-electron chi connectivity index (χ4n) is 3.26. The van der Waals surface area contributed by atoms with Gasteiger partial charge < -0.3 is 16.2 Å². The standard InChI is InChI=1S/C25H21N5O3S/c1-2-15-3-5-16(6-4-15)22-19(13-26)23(28)30-24(20(22)14-27)34-12-11-21(31)29-18-9-7-17(8-10-18)25(32)33/h3-10H,2,11-12H2,1H3,(H2,28,30)(H,29,31)(H,32,33). The second-order valence-corrected chi connectivity index (χ2v) is 8.31. The van der Waals surface area contributed by atoms with E-state index in [1.54, 1.807) is 0 Å². The third-order valence-electron chi connectivity index (χ3n) is 5.05. The lowest BCUT2D eigenvalue weighted by Gasteiger charge is -2.13. The van der Waals surface area contributed by atoms with Crippen molar-refractivity contribution in [1.29, 1.82) is 10.5 Å². The van der Waals surface area contributed by atoms with Gasteiger partial charge in [0.1, 0.15) is 28.5 Å². The Balaban J connectivity index is 1.77. The highest BCUT2D eigenvalue weighted by Gasteiger charge is 2.20. The van der Waals surface area contributed by atoms with Crippen molar-refractivity contribution >= 4 is 35.1 Å². The number of pyridine rings is 1. The van der Waals surface area contributed by atoms with Crippen LogP contribution in [0.3, 0.4) is 0 Å². The van der Waals surface area contributed by atoms with E-state index < -0.39 is 5.97 Å². The van der Waals surface area contributed by atoms with Crippen molar-refractivity contribution in [3.8, 4) is 23.3 Å². The molecule has 3 aromatic rings. The zero-order valence-corrected chi connectivity index (χ0v) is 19.1. The van der Waals surface area contributed by atoms with Crippen molar-refractivity contribution in [2.75, 3.05) is 16.8 Å². The fraction of sp³-hybridized carbons (Fsp3) is 0.160. The number of thioether (sulfide) groups is 1. The second-order valence-electron chi connectivity index (χ2n) is 7.23. The molecule has 2 aromatic carbocycles. The summed E-state index contributed by atoms with van der Waals surface area (Å²) < 4.78 is 0. The largest absolute Gasteiger partial charge is 0.478 e. The predicted molar refractivity (Wildman–Crippen MR) is 130 cm³/mol. The Hall–Kier alpha value is -4.34. The minimum Gasteiger partial charge on any atom is -0.478 e. The molecule has 0 saturated carbocycles. The van der Waals surface area contributed by atoms with E-state index in [1.807, 2.05) is 31.2 Å². The smallest absolute Gasteiger partial charge is 0.335 e. The number of nitrogens with one attached hydrogen (secondary N) is 1. The highest BCUT2D eigenvalue weighted by Crippen LogP contribution is 2.36. The molecule has 0 spiro atoms. The summed E-state index contributed by atoms with van der Waals surface area (Å²) in [5.74, 6) is -0.967. The van der Waals surface area contributed by atoms with E-state index in [0.29, 0.717) is 27.6 Å². The topological polar surface area (TPSA) is 153 Å². The number of amides is 1. The van der Waals surface area contributed by atoms with Crippen LogP contribution in [0.1, 0.15) is 40.4 Å². The Morgan fingerprint density at radius 1 is 1.06 bits per heavy atom. The quantitative estimate of drug-likeness (QED) is 0.407. The summed E-state index contributed by atoms with van der Waals surface area (Å²) in [5.41, 5.74) is 9.30. The molecular weight excluding hydrogens is 450 g/mol. The lowest BCUT2D eigenvalue weighted by Crippen LogP contribution is -2.12. The van der Waals surface area contributed by atoms with Crippen LogP contribution in [0.15, 0.2) is 53.6 Å². The molecule has 0 fully saturated rings. The van der Waals surface area contributed by atoms with E-state index >= 15 is 0 Å². The third kappa shape index (κ3) is 5.52. The molecule has 1 aromatic heterocycles.